The largest absolute Gasteiger partial charge is 0.324 e. The number of rotatable bonds is 4. The van der Waals surface area contributed by atoms with Crippen molar-refractivity contribution < 1.29 is 0 Å². The molecule has 4 heteroatoms. The van der Waals surface area contributed by atoms with Crippen LogP contribution in [0.4, 0.5) is 0 Å². The van der Waals surface area contributed by atoms with Gasteiger partial charge < -0.3 is 5.73 Å². The zero-order chi connectivity index (χ0) is 14.0. The highest BCUT2D eigenvalue weighted by Gasteiger charge is 2.10. The quantitative estimate of drug-likeness (QED) is 0.931. The van der Waals surface area contributed by atoms with Gasteiger partial charge in [0.05, 0.1) is 11.4 Å². The zero-order valence-corrected chi connectivity index (χ0v) is 13.2. The van der Waals surface area contributed by atoms with Crippen LogP contribution in [0.3, 0.4) is 0 Å². The van der Waals surface area contributed by atoms with Crippen LogP contribution in [0, 0.1) is 0 Å². The SMILES string of the molecule is CCc1cc(CC)n(-c2ccc([C@@H](C)N)c(Br)c2)n1. The number of nitrogens with two attached hydrogens (primary N) is 1. The van der Waals surface area contributed by atoms with Crippen LogP contribution in [-0.4, -0.2) is 9.78 Å². The first kappa shape index (κ1) is 14.3. The molecule has 1 aromatic carbocycles. The maximum Gasteiger partial charge on any atom is 0.0660 e. The van der Waals surface area contributed by atoms with Crippen LogP contribution < -0.4 is 5.73 Å². The monoisotopic (exact) mass is 321 g/mol. The Hall–Kier alpha value is -1.13. The van der Waals surface area contributed by atoms with Crippen molar-refractivity contribution in [1.82, 2.24) is 9.78 Å². The van der Waals surface area contributed by atoms with E-state index in [2.05, 4.69) is 59.1 Å². The summed E-state index contributed by atoms with van der Waals surface area (Å²) < 4.78 is 3.06. The first-order chi connectivity index (χ1) is 9.06. The molecule has 1 aromatic heterocycles. The van der Waals surface area contributed by atoms with Crippen molar-refractivity contribution in [2.45, 2.75) is 39.7 Å². The third-order valence-corrected chi connectivity index (χ3v) is 3.96. The lowest BCUT2D eigenvalue weighted by molar-refractivity contribution is 0.785. The van der Waals surface area contributed by atoms with Gasteiger partial charge in [-0.15, -0.1) is 0 Å². The van der Waals surface area contributed by atoms with Gasteiger partial charge in [-0.3, -0.25) is 0 Å². The van der Waals surface area contributed by atoms with E-state index in [1.165, 1.54) is 5.69 Å². The van der Waals surface area contributed by atoms with Crippen molar-refractivity contribution in [2.24, 2.45) is 5.73 Å². The molecule has 0 spiro atoms. The number of nitrogens with zero attached hydrogens (tertiary/aromatic N) is 2. The Morgan fingerprint density at radius 1 is 1.26 bits per heavy atom. The van der Waals surface area contributed by atoms with Crippen LogP contribution in [0.5, 0.6) is 0 Å². The third-order valence-electron chi connectivity index (χ3n) is 3.28. The van der Waals surface area contributed by atoms with Gasteiger partial charge in [-0.1, -0.05) is 35.8 Å². The van der Waals surface area contributed by atoms with Crippen LogP contribution in [0.2, 0.25) is 0 Å². The summed E-state index contributed by atoms with van der Waals surface area (Å²) in [5.41, 5.74) is 10.5. The molecular weight excluding hydrogens is 302 g/mol. The molecule has 0 unspecified atom stereocenters. The number of hydrogen-bond donors (Lipinski definition) is 1. The highest BCUT2D eigenvalue weighted by molar-refractivity contribution is 9.10. The minimum Gasteiger partial charge on any atom is -0.324 e. The van der Waals surface area contributed by atoms with Crippen molar-refractivity contribution >= 4 is 15.9 Å². The summed E-state index contributed by atoms with van der Waals surface area (Å²) in [5, 5.41) is 4.65. The Kier molecular flexibility index (Phi) is 4.42. The molecule has 1 atom stereocenters. The minimum atomic E-state index is 0.0258. The number of halogens is 1. The summed E-state index contributed by atoms with van der Waals surface area (Å²) >= 11 is 3.59. The highest BCUT2D eigenvalue weighted by atomic mass is 79.9. The Morgan fingerprint density at radius 2 is 2.00 bits per heavy atom. The van der Waals surface area contributed by atoms with E-state index < -0.39 is 0 Å². The number of benzene rings is 1. The molecule has 0 radical (unpaired) electrons. The fraction of sp³-hybridized carbons (Fsp3) is 0.400. The van der Waals surface area contributed by atoms with Crippen molar-refractivity contribution in [1.29, 1.82) is 0 Å². The lowest BCUT2D eigenvalue weighted by Crippen LogP contribution is -2.07. The smallest absolute Gasteiger partial charge is 0.0660 e. The molecule has 0 aliphatic heterocycles. The van der Waals surface area contributed by atoms with E-state index in [4.69, 9.17) is 5.73 Å². The molecule has 102 valence electrons. The van der Waals surface area contributed by atoms with Crippen LogP contribution >= 0.6 is 15.9 Å². The van der Waals surface area contributed by atoms with Gasteiger partial charge in [0.1, 0.15) is 0 Å². The standard InChI is InChI=1S/C15H20BrN3/c1-4-11-8-12(5-2)19(18-11)13-6-7-14(10(3)17)15(16)9-13/h6-10H,4-5,17H2,1-3H3/t10-/m1/s1. The fourth-order valence-electron chi connectivity index (χ4n) is 2.14. The Labute approximate surface area is 122 Å². The van der Waals surface area contributed by atoms with E-state index in [1.807, 2.05) is 11.6 Å². The van der Waals surface area contributed by atoms with E-state index in [0.29, 0.717) is 0 Å². The average Bonchev–Trinajstić information content (AvgIpc) is 2.81. The molecule has 0 fully saturated rings. The van der Waals surface area contributed by atoms with Gasteiger partial charge in [-0.25, -0.2) is 4.68 Å². The van der Waals surface area contributed by atoms with Crippen LogP contribution in [-0.2, 0) is 12.8 Å². The summed E-state index contributed by atoms with van der Waals surface area (Å²) in [4.78, 5) is 0. The van der Waals surface area contributed by atoms with Gasteiger partial charge in [0.25, 0.3) is 0 Å². The second kappa shape index (κ2) is 5.88. The van der Waals surface area contributed by atoms with Gasteiger partial charge in [0.2, 0.25) is 0 Å². The van der Waals surface area contributed by atoms with Crippen LogP contribution in [0.25, 0.3) is 5.69 Å². The lowest BCUT2D eigenvalue weighted by Gasteiger charge is -2.12. The normalized spacial score (nSPS) is 12.7. The second-order valence-electron chi connectivity index (χ2n) is 4.74. The van der Waals surface area contributed by atoms with E-state index in [-0.39, 0.29) is 6.04 Å². The van der Waals surface area contributed by atoms with Gasteiger partial charge in [0.15, 0.2) is 0 Å². The van der Waals surface area contributed by atoms with E-state index in [1.54, 1.807) is 0 Å². The molecule has 1 heterocycles. The molecule has 0 bridgehead atoms. The molecule has 19 heavy (non-hydrogen) atoms. The number of hydrogen-bond acceptors (Lipinski definition) is 2. The Morgan fingerprint density at radius 3 is 2.53 bits per heavy atom. The van der Waals surface area contributed by atoms with E-state index in [9.17, 15) is 0 Å². The average molecular weight is 322 g/mol. The molecule has 0 saturated carbocycles. The maximum atomic E-state index is 5.93. The summed E-state index contributed by atoms with van der Waals surface area (Å²) in [6.07, 6.45) is 1.93. The molecule has 0 aliphatic carbocycles. The van der Waals surface area contributed by atoms with Gasteiger partial charge in [-0.05, 0) is 43.5 Å². The van der Waals surface area contributed by atoms with Crippen molar-refractivity contribution in [2.75, 3.05) is 0 Å². The lowest BCUT2D eigenvalue weighted by atomic mass is 10.1. The van der Waals surface area contributed by atoms with Crippen molar-refractivity contribution in [3.8, 4) is 5.69 Å². The number of aromatic nitrogens is 2. The molecular formula is C15H20BrN3. The van der Waals surface area contributed by atoms with Crippen molar-refractivity contribution in [3.63, 3.8) is 0 Å². The molecule has 3 nitrogen and oxygen atoms in total. The molecule has 2 N–H and O–H groups in total. The van der Waals surface area contributed by atoms with Crippen LogP contribution in [0.15, 0.2) is 28.7 Å². The predicted octanol–water partition coefficient (Wildman–Crippen LogP) is 3.78. The van der Waals surface area contributed by atoms with Gasteiger partial charge in [0, 0.05) is 16.2 Å². The third kappa shape index (κ3) is 2.90. The molecule has 2 rings (SSSR count). The van der Waals surface area contributed by atoms with Crippen molar-refractivity contribution in [3.05, 3.63) is 45.7 Å². The molecule has 0 saturated heterocycles. The summed E-state index contributed by atoms with van der Waals surface area (Å²) in [5.74, 6) is 0. The topological polar surface area (TPSA) is 43.8 Å². The van der Waals surface area contributed by atoms with E-state index in [0.717, 1.165) is 34.3 Å². The second-order valence-corrected chi connectivity index (χ2v) is 5.59. The summed E-state index contributed by atoms with van der Waals surface area (Å²) in [6.45, 7) is 6.26. The first-order valence-corrected chi connectivity index (χ1v) is 7.49. The molecule has 2 aromatic rings. The van der Waals surface area contributed by atoms with Gasteiger partial charge in [-0.2, -0.15) is 5.10 Å². The fourth-order valence-corrected chi connectivity index (χ4v) is 2.87. The highest BCUT2D eigenvalue weighted by Crippen LogP contribution is 2.25. The summed E-state index contributed by atoms with van der Waals surface area (Å²) in [6, 6.07) is 8.43. The molecule has 0 aliphatic rings. The molecule has 0 amide bonds. The number of aryl methyl sites for hydroxylation is 2. The predicted molar refractivity (Wildman–Crippen MR) is 82.6 cm³/mol. The van der Waals surface area contributed by atoms with Crippen LogP contribution in [0.1, 0.15) is 43.8 Å². The minimum absolute atomic E-state index is 0.0258. The maximum absolute atomic E-state index is 5.93. The zero-order valence-electron chi connectivity index (χ0n) is 11.7. The summed E-state index contributed by atoms with van der Waals surface area (Å²) in [7, 11) is 0. The van der Waals surface area contributed by atoms with E-state index >= 15 is 0 Å². The first-order valence-electron chi connectivity index (χ1n) is 6.70. The van der Waals surface area contributed by atoms with Gasteiger partial charge >= 0.3 is 0 Å². The Bertz CT molecular complexity index is 573. The Balaban J connectivity index is 2.47.